The molecule has 2 nitrogen and oxygen atoms in total. The van der Waals surface area contributed by atoms with Crippen molar-refractivity contribution in [1.82, 2.24) is 0 Å². The third-order valence-corrected chi connectivity index (χ3v) is 1.67. The van der Waals surface area contributed by atoms with Gasteiger partial charge in [0.2, 0.25) is 0 Å². The average molecular weight is 174 g/mol. The maximum absolute atomic E-state index is 5.43. The fourth-order valence-electron chi connectivity index (χ4n) is 1.06. The maximum Gasteiger partial charge on any atom is 0.290 e. The Balaban J connectivity index is 2.15. The van der Waals surface area contributed by atoms with E-state index in [9.17, 15) is 0 Å². The number of rotatable bonds is 2. The van der Waals surface area contributed by atoms with Gasteiger partial charge in [-0.15, -0.1) is 0 Å². The molecule has 0 aliphatic heterocycles. The van der Waals surface area contributed by atoms with Crippen molar-refractivity contribution in [3.63, 3.8) is 0 Å². The highest BCUT2D eigenvalue weighted by atomic mass is 16.6. The quantitative estimate of drug-likeness (QED) is 0.696. The van der Waals surface area contributed by atoms with Crippen molar-refractivity contribution in [1.29, 1.82) is 0 Å². The molecule has 0 radical (unpaired) electrons. The van der Waals surface area contributed by atoms with Crippen LogP contribution in [0.15, 0.2) is 47.1 Å². The summed E-state index contributed by atoms with van der Waals surface area (Å²) in [6, 6.07) is 11.4. The molecule has 0 saturated heterocycles. The Bertz CT molecular complexity index is 376. The molecule has 0 amide bonds. The van der Waals surface area contributed by atoms with Gasteiger partial charge in [0, 0.05) is 6.07 Å². The van der Waals surface area contributed by atoms with Crippen molar-refractivity contribution in [2.45, 2.75) is 6.92 Å². The van der Waals surface area contributed by atoms with Gasteiger partial charge >= 0.3 is 0 Å². The molecule has 0 spiro atoms. The van der Waals surface area contributed by atoms with E-state index in [2.05, 4.69) is 0 Å². The summed E-state index contributed by atoms with van der Waals surface area (Å²) in [6.07, 6.45) is 1.66. The lowest BCUT2D eigenvalue weighted by Crippen LogP contribution is -1.79. The Hall–Kier alpha value is -1.70. The molecule has 0 aliphatic carbocycles. The Morgan fingerprint density at radius 2 is 1.92 bits per heavy atom. The van der Waals surface area contributed by atoms with Gasteiger partial charge in [-0.2, -0.15) is 0 Å². The molecule has 0 N–H and O–H groups in total. The maximum atomic E-state index is 5.43. The number of furan rings is 1. The van der Waals surface area contributed by atoms with Crippen LogP contribution in [0, 0.1) is 6.92 Å². The topological polar surface area (TPSA) is 22.4 Å². The van der Waals surface area contributed by atoms with Crippen LogP contribution in [0.4, 0.5) is 0 Å². The van der Waals surface area contributed by atoms with Crippen molar-refractivity contribution in [2.24, 2.45) is 0 Å². The summed E-state index contributed by atoms with van der Waals surface area (Å²) in [5.74, 6) is 1.32. The van der Waals surface area contributed by atoms with Crippen molar-refractivity contribution in [3.8, 4) is 11.7 Å². The minimum absolute atomic E-state index is 0.531. The lowest BCUT2D eigenvalue weighted by molar-refractivity contribution is 0.346. The predicted octanol–water partition coefficient (Wildman–Crippen LogP) is 3.38. The van der Waals surface area contributed by atoms with Crippen LogP contribution >= 0.6 is 0 Å². The van der Waals surface area contributed by atoms with Crippen molar-refractivity contribution >= 4 is 0 Å². The van der Waals surface area contributed by atoms with Crippen LogP contribution in [0.25, 0.3) is 0 Å². The van der Waals surface area contributed by atoms with E-state index < -0.39 is 0 Å². The second-order valence-corrected chi connectivity index (χ2v) is 2.86. The molecule has 2 aromatic rings. The molecule has 1 heterocycles. The summed E-state index contributed by atoms with van der Waals surface area (Å²) in [5, 5.41) is 0. The Kier molecular flexibility index (Phi) is 2.04. The fourth-order valence-corrected chi connectivity index (χ4v) is 1.06. The molecule has 0 unspecified atom stereocenters. The molecule has 1 aromatic heterocycles. The predicted molar refractivity (Wildman–Crippen MR) is 50.0 cm³/mol. The molecular weight excluding hydrogens is 164 g/mol. The van der Waals surface area contributed by atoms with Crippen LogP contribution in [0.2, 0.25) is 0 Å². The van der Waals surface area contributed by atoms with Crippen LogP contribution in [-0.4, -0.2) is 0 Å². The molecule has 0 atom stereocenters. The highest BCUT2D eigenvalue weighted by Gasteiger charge is 1.99. The molecule has 2 heteroatoms. The lowest BCUT2D eigenvalue weighted by Gasteiger charge is -1.99. The van der Waals surface area contributed by atoms with Gasteiger partial charge in [-0.1, -0.05) is 18.2 Å². The Morgan fingerprint density at radius 1 is 1.15 bits per heavy atom. The monoisotopic (exact) mass is 174 g/mol. The summed E-state index contributed by atoms with van der Waals surface area (Å²) < 4.78 is 10.6. The summed E-state index contributed by atoms with van der Waals surface area (Å²) in [7, 11) is 0. The van der Waals surface area contributed by atoms with E-state index in [1.165, 1.54) is 0 Å². The molecule has 0 saturated carbocycles. The van der Waals surface area contributed by atoms with Crippen LogP contribution in [0.5, 0.6) is 11.7 Å². The second kappa shape index (κ2) is 3.35. The number of aryl methyl sites for hydroxylation is 1. The van der Waals surface area contributed by atoms with Crippen LogP contribution in [-0.2, 0) is 0 Å². The molecule has 66 valence electrons. The summed E-state index contributed by atoms with van der Waals surface area (Å²) in [5.41, 5.74) is 1.06. The summed E-state index contributed by atoms with van der Waals surface area (Å²) >= 11 is 0. The zero-order valence-electron chi connectivity index (χ0n) is 7.36. The smallest absolute Gasteiger partial charge is 0.290 e. The number of benzene rings is 1. The molecule has 0 bridgehead atoms. The minimum Gasteiger partial charge on any atom is -0.434 e. The average Bonchev–Trinajstić information content (AvgIpc) is 2.53. The first kappa shape index (κ1) is 7.92. The van der Waals surface area contributed by atoms with Crippen molar-refractivity contribution < 1.29 is 9.15 Å². The molecule has 0 aliphatic rings. The first-order valence-corrected chi connectivity index (χ1v) is 4.12. The molecule has 0 fully saturated rings. The third kappa shape index (κ3) is 1.90. The van der Waals surface area contributed by atoms with E-state index in [1.807, 2.05) is 43.3 Å². The van der Waals surface area contributed by atoms with E-state index in [4.69, 9.17) is 9.15 Å². The highest BCUT2D eigenvalue weighted by Crippen LogP contribution is 2.22. The summed E-state index contributed by atoms with van der Waals surface area (Å²) in [6.45, 7) is 1.96. The van der Waals surface area contributed by atoms with Gasteiger partial charge < -0.3 is 9.15 Å². The fraction of sp³-hybridized carbons (Fsp3) is 0.0909. The van der Waals surface area contributed by atoms with Crippen LogP contribution < -0.4 is 4.74 Å². The van der Waals surface area contributed by atoms with Crippen LogP contribution in [0.1, 0.15) is 5.56 Å². The zero-order valence-corrected chi connectivity index (χ0v) is 7.36. The van der Waals surface area contributed by atoms with Crippen molar-refractivity contribution in [3.05, 3.63) is 48.2 Å². The molecule has 2 rings (SSSR count). The molecular formula is C11H10O2. The number of hydrogen-bond acceptors (Lipinski definition) is 2. The van der Waals surface area contributed by atoms with Gasteiger partial charge in [-0.05, 0) is 24.6 Å². The van der Waals surface area contributed by atoms with Gasteiger partial charge in [0.15, 0.2) is 0 Å². The number of ether oxygens (including phenoxy) is 1. The van der Waals surface area contributed by atoms with Crippen LogP contribution in [0.3, 0.4) is 0 Å². The van der Waals surface area contributed by atoms with Gasteiger partial charge in [0.25, 0.3) is 5.95 Å². The van der Waals surface area contributed by atoms with E-state index in [-0.39, 0.29) is 0 Å². The third-order valence-electron chi connectivity index (χ3n) is 1.67. The van der Waals surface area contributed by atoms with E-state index >= 15 is 0 Å². The lowest BCUT2D eigenvalue weighted by atomic mass is 10.3. The zero-order chi connectivity index (χ0) is 9.10. The molecule has 1 aromatic carbocycles. The Morgan fingerprint density at radius 3 is 2.54 bits per heavy atom. The van der Waals surface area contributed by atoms with Gasteiger partial charge in [0.1, 0.15) is 5.75 Å². The number of para-hydroxylation sites is 1. The van der Waals surface area contributed by atoms with E-state index in [0.717, 1.165) is 11.3 Å². The number of hydrogen-bond donors (Lipinski definition) is 0. The normalized spacial score (nSPS) is 9.92. The summed E-state index contributed by atoms with van der Waals surface area (Å²) in [4.78, 5) is 0. The van der Waals surface area contributed by atoms with Gasteiger partial charge in [-0.3, -0.25) is 0 Å². The minimum atomic E-state index is 0.531. The van der Waals surface area contributed by atoms with E-state index in [0.29, 0.717) is 5.95 Å². The first-order valence-electron chi connectivity index (χ1n) is 4.12. The SMILES string of the molecule is Cc1coc(Oc2ccccc2)c1. The van der Waals surface area contributed by atoms with Crippen molar-refractivity contribution in [2.75, 3.05) is 0 Å². The second-order valence-electron chi connectivity index (χ2n) is 2.86. The standard InChI is InChI=1S/C11H10O2/c1-9-7-11(12-8-9)13-10-5-3-2-4-6-10/h2-8H,1H3. The van der Waals surface area contributed by atoms with Gasteiger partial charge in [0.05, 0.1) is 6.26 Å². The van der Waals surface area contributed by atoms with Gasteiger partial charge in [-0.25, -0.2) is 0 Å². The largest absolute Gasteiger partial charge is 0.434 e. The Labute approximate surface area is 76.8 Å². The molecule has 13 heavy (non-hydrogen) atoms. The first-order chi connectivity index (χ1) is 6.34. The van der Waals surface area contributed by atoms with E-state index in [1.54, 1.807) is 6.26 Å². The highest BCUT2D eigenvalue weighted by molar-refractivity contribution is 5.26.